The fraction of sp³-hybridized carbons (Fsp3) is 0.0800. The average molecular weight is 409 g/mol. The number of nitrogens with zero attached hydrogens (tertiary/aromatic N) is 2. The fourth-order valence-corrected chi connectivity index (χ4v) is 3.96. The van der Waals surface area contributed by atoms with Crippen molar-refractivity contribution in [3.05, 3.63) is 107 Å². The largest absolute Gasteiger partial charge is 0.293 e. The molecule has 2 aliphatic heterocycles. The van der Waals surface area contributed by atoms with E-state index in [2.05, 4.69) is 5.43 Å². The molecule has 2 heterocycles. The first kappa shape index (κ1) is 18.8. The van der Waals surface area contributed by atoms with Crippen LogP contribution < -0.4 is 15.3 Å². The maximum Gasteiger partial charge on any atom is 0.266 e. The number of nitrogens with one attached hydrogen (secondary N) is 1. The van der Waals surface area contributed by atoms with E-state index >= 15 is 0 Å². The number of para-hydroxylation sites is 1. The number of Topliss-reactive ketones (excluding diaryl/α,β-unsaturated/α-hetero) is 1. The molecule has 0 radical (unpaired) electrons. The number of hydrazine groups is 1. The maximum atomic E-state index is 13.4. The number of amides is 2. The lowest BCUT2D eigenvalue weighted by Crippen LogP contribution is -2.46. The second kappa shape index (κ2) is 7.25. The summed E-state index contributed by atoms with van der Waals surface area (Å²) in [7, 11) is 0. The van der Waals surface area contributed by atoms with E-state index in [1.54, 1.807) is 41.4 Å². The molecule has 31 heavy (non-hydrogen) atoms. The maximum absolute atomic E-state index is 13.4. The van der Waals surface area contributed by atoms with Gasteiger partial charge in [0, 0.05) is 5.56 Å². The van der Waals surface area contributed by atoms with Gasteiger partial charge in [0.1, 0.15) is 5.70 Å². The van der Waals surface area contributed by atoms with E-state index in [9.17, 15) is 14.4 Å². The van der Waals surface area contributed by atoms with Crippen LogP contribution in [0.1, 0.15) is 15.9 Å². The number of anilines is 2. The Hall–Kier alpha value is -4.19. The molecular formula is C25H19N3O3. The van der Waals surface area contributed by atoms with Crippen LogP contribution in [-0.4, -0.2) is 23.6 Å². The molecule has 152 valence electrons. The molecular weight excluding hydrogens is 390 g/mol. The van der Waals surface area contributed by atoms with Crippen molar-refractivity contribution >= 4 is 29.0 Å². The van der Waals surface area contributed by atoms with Crippen molar-refractivity contribution in [1.82, 2.24) is 5.43 Å². The molecule has 3 aromatic carbocycles. The van der Waals surface area contributed by atoms with Crippen LogP contribution in [0.5, 0.6) is 0 Å². The van der Waals surface area contributed by atoms with Gasteiger partial charge in [0.05, 0.1) is 16.9 Å². The molecule has 2 amide bonds. The second-order valence-electron chi connectivity index (χ2n) is 7.52. The minimum atomic E-state index is -0.918. The van der Waals surface area contributed by atoms with E-state index in [4.69, 9.17) is 0 Å². The van der Waals surface area contributed by atoms with E-state index in [1.807, 2.05) is 55.5 Å². The quantitative estimate of drug-likeness (QED) is 0.528. The summed E-state index contributed by atoms with van der Waals surface area (Å²) in [5.74, 6) is -1.20. The summed E-state index contributed by atoms with van der Waals surface area (Å²) in [6, 6.07) is 24.2. The van der Waals surface area contributed by atoms with Gasteiger partial charge in [-0.25, -0.2) is 4.90 Å². The highest BCUT2D eigenvalue weighted by Crippen LogP contribution is 2.37. The van der Waals surface area contributed by atoms with Crippen LogP contribution in [-0.2, 0) is 9.59 Å². The molecule has 6 nitrogen and oxygen atoms in total. The van der Waals surface area contributed by atoms with Crippen LogP contribution in [0.25, 0.3) is 0 Å². The molecule has 1 N–H and O–H groups in total. The third kappa shape index (κ3) is 3.00. The molecule has 1 fully saturated rings. The zero-order chi connectivity index (χ0) is 21.5. The summed E-state index contributed by atoms with van der Waals surface area (Å²) in [5.41, 5.74) is 5.99. The number of aryl methyl sites for hydroxylation is 1. The highest BCUT2D eigenvalue weighted by Gasteiger charge is 2.54. The molecule has 1 atom stereocenters. The van der Waals surface area contributed by atoms with Crippen molar-refractivity contribution in [2.24, 2.45) is 0 Å². The predicted octanol–water partition coefficient (Wildman–Crippen LogP) is 3.40. The number of benzene rings is 3. The standard InChI is InChI=1S/C25H19N3O3/c1-16-12-14-18(15-13-16)27-24(30)20-21(23(29)17-8-4-2-5-9-17)26-28(22(20)25(27)31)19-10-6-3-7-11-19/h2-15,22,26H,1H3/t22-/m0/s1. The third-order valence-electron chi connectivity index (χ3n) is 5.51. The summed E-state index contributed by atoms with van der Waals surface area (Å²) in [6.45, 7) is 1.94. The molecule has 0 aromatic heterocycles. The SMILES string of the molecule is Cc1ccc(N2C(=O)C3=C(C(=O)c4ccccc4)NN(c4ccccc4)[C@@H]3C2=O)cc1. The van der Waals surface area contributed by atoms with Crippen LogP contribution in [0.2, 0.25) is 0 Å². The Balaban J connectivity index is 1.64. The van der Waals surface area contributed by atoms with Crippen molar-refractivity contribution in [3.63, 3.8) is 0 Å². The smallest absolute Gasteiger partial charge is 0.266 e. The van der Waals surface area contributed by atoms with E-state index in [-0.39, 0.29) is 17.1 Å². The van der Waals surface area contributed by atoms with Gasteiger partial charge in [-0.3, -0.25) is 24.8 Å². The Morgan fingerprint density at radius 2 is 1.42 bits per heavy atom. The van der Waals surface area contributed by atoms with Gasteiger partial charge in [-0.05, 0) is 31.2 Å². The molecule has 0 unspecified atom stereocenters. The van der Waals surface area contributed by atoms with Crippen LogP contribution >= 0.6 is 0 Å². The number of ketones is 1. The molecule has 2 aliphatic rings. The van der Waals surface area contributed by atoms with E-state index in [0.717, 1.165) is 10.5 Å². The van der Waals surface area contributed by atoms with Gasteiger partial charge in [-0.15, -0.1) is 0 Å². The number of carbonyl (C=O) groups excluding carboxylic acids is 3. The third-order valence-corrected chi connectivity index (χ3v) is 5.51. The van der Waals surface area contributed by atoms with Crippen molar-refractivity contribution in [2.45, 2.75) is 13.0 Å². The Morgan fingerprint density at radius 3 is 2.06 bits per heavy atom. The summed E-state index contributed by atoms with van der Waals surface area (Å²) in [4.78, 5) is 41.3. The minimum absolute atomic E-state index is 0.132. The van der Waals surface area contributed by atoms with Gasteiger partial charge in [-0.1, -0.05) is 66.2 Å². The van der Waals surface area contributed by atoms with Gasteiger partial charge in [0.2, 0.25) is 5.78 Å². The van der Waals surface area contributed by atoms with E-state index in [1.165, 1.54) is 0 Å². The van der Waals surface area contributed by atoms with Crippen LogP contribution in [0, 0.1) is 6.92 Å². The van der Waals surface area contributed by atoms with Gasteiger partial charge in [0.25, 0.3) is 11.8 Å². The Morgan fingerprint density at radius 1 is 0.806 bits per heavy atom. The molecule has 0 saturated carbocycles. The van der Waals surface area contributed by atoms with Crippen molar-refractivity contribution in [2.75, 3.05) is 9.91 Å². The summed E-state index contributed by atoms with van der Waals surface area (Å²) >= 11 is 0. The first-order valence-electron chi connectivity index (χ1n) is 9.96. The van der Waals surface area contributed by atoms with Gasteiger partial charge >= 0.3 is 0 Å². The fourth-order valence-electron chi connectivity index (χ4n) is 3.96. The molecule has 1 saturated heterocycles. The average Bonchev–Trinajstić information content (AvgIpc) is 3.32. The topological polar surface area (TPSA) is 69.7 Å². The first-order valence-corrected chi connectivity index (χ1v) is 9.96. The highest BCUT2D eigenvalue weighted by atomic mass is 16.2. The van der Waals surface area contributed by atoms with E-state index < -0.39 is 17.9 Å². The lowest BCUT2D eigenvalue weighted by atomic mass is 10.0. The van der Waals surface area contributed by atoms with Gasteiger partial charge in [-0.2, -0.15) is 0 Å². The number of hydrogen-bond donors (Lipinski definition) is 1. The first-order chi connectivity index (χ1) is 15.1. The normalized spacial score (nSPS) is 17.8. The molecule has 0 bridgehead atoms. The monoisotopic (exact) mass is 409 g/mol. The number of allylic oxidation sites excluding steroid dienone is 1. The lowest BCUT2D eigenvalue weighted by molar-refractivity contribution is -0.121. The predicted molar refractivity (Wildman–Crippen MR) is 117 cm³/mol. The van der Waals surface area contributed by atoms with Gasteiger partial charge < -0.3 is 0 Å². The zero-order valence-corrected chi connectivity index (χ0v) is 16.8. The number of fused-ring (bicyclic) bond motifs is 1. The van der Waals surface area contributed by atoms with Crippen molar-refractivity contribution in [3.8, 4) is 0 Å². The van der Waals surface area contributed by atoms with Gasteiger partial charge in [0.15, 0.2) is 6.04 Å². The molecule has 0 spiro atoms. The zero-order valence-electron chi connectivity index (χ0n) is 16.8. The van der Waals surface area contributed by atoms with Crippen LogP contribution in [0.3, 0.4) is 0 Å². The molecule has 5 rings (SSSR count). The summed E-state index contributed by atoms with van der Waals surface area (Å²) in [5, 5.41) is 1.60. The number of rotatable bonds is 4. The Bertz CT molecular complexity index is 1220. The second-order valence-corrected chi connectivity index (χ2v) is 7.52. The highest BCUT2D eigenvalue weighted by molar-refractivity contribution is 6.34. The minimum Gasteiger partial charge on any atom is -0.293 e. The Kier molecular flexibility index (Phi) is 4.40. The summed E-state index contributed by atoms with van der Waals surface area (Å²) in [6.07, 6.45) is 0. The Labute approximate surface area is 179 Å². The number of imide groups is 1. The van der Waals surface area contributed by atoms with Crippen LogP contribution in [0.15, 0.2) is 96.2 Å². The van der Waals surface area contributed by atoms with Crippen molar-refractivity contribution in [1.29, 1.82) is 0 Å². The molecule has 6 heteroatoms. The number of hydrogen-bond acceptors (Lipinski definition) is 5. The van der Waals surface area contributed by atoms with E-state index in [0.29, 0.717) is 16.9 Å². The lowest BCUT2D eigenvalue weighted by Gasteiger charge is -2.26. The molecule has 3 aromatic rings. The number of carbonyl (C=O) groups is 3. The van der Waals surface area contributed by atoms with Crippen molar-refractivity contribution < 1.29 is 14.4 Å². The molecule has 0 aliphatic carbocycles. The van der Waals surface area contributed by atoms with Crippen LogP contribution in [0.4, 0.5) is 11.4 Å². The summed E-state index contributed by atoms with van der Waals surface area (Å²) < 4.78 is 0.